The number of pyridine rings is 1. The molecule has 20 heavy (non-hydrogen) atoms. The van der Waals surface area contributed by atoms with Gasteiger partial charge in [-0.05, 0) is 24.3 Å². The summed E-state index contributed by atoms with van der Waals surface area (Å²) in [5, 5.41) is 2.74. The molecule has 0 radical (unpaired) electrons. The first kappa shape index (κ1) is 14.1. The third-order valence-corrected chi connectivity index (χ3v) is 3.97. The zero-order valence-corrected chi connectivity index (χ0v) is 11.9. The lowest BCUT2D eigenvalue weighted by Gasteiger charge is -2.13. The molecule has 0 amide bonds. The van der Waals surface area contributed by atoms with E-state index in [2.05, 4.69) is 15.0 Å². The van der Waals surface area contributed by atoms with E-state index in [9.17, 15) is 8.42 Å². The number of ether oxygens (including phenoxy) is 1. The number of aromatic nitrogens is 1. The molecular formula is C13H15N3O3S. The van der Waals surface area contributed by atoms with Crippen LogP contribution in [0.5, 0.6) is 5.75 Å². The van der Waals surface area contributed by atoms with Gasteiger partial charge in [0, 0.05) is 13.2 Å². The summed E-state index contributed by atoms with van der Waals surface area (Å²) in [5.74, 6) is 0.443. The van der Waals surface area contributed by atoms with Crippen molar-refractivity contribution >= 4 is 21.4 Å². The van der Waals surface area contributed by atoms with Crippen LogP contribution in [0.1, 0.15) is 0 Å². The maximum absolute atomic E-state index is 12.4. The number of nitrogens with one attached hydrogen (secondary N) is 2. The van der Waals surface area contributed by atoms with Crippen LogP contribution < -0.4 is 14.8 Å². The average molecular weight is 293 g/mol. The van der Waals surface area contributed by atoms with E-state index in [-0.39, 0.29) is 5.03 Å². The van der Waals surface area contributed by atoms with Crippen LogP contribution in [-0.4, -0.2) is 27.6 Å². The number of nitrogens with zero attached hydrogens (tertiary/aromatic N) is 1. The lowest BCUT2D eigenvalue weighted by Crippen LogP contribution is -2.16. The lowest BCUT2D eigenvalue weighted by molar-refractivity contribution is 0.417. The second kappa shape index (κ2) is 5.79. The highest BCUT2D eigenvalue weighted by Crippen LogP contribution is 2.27. The molecule has 0 saturated heterocycles. The van der Waals surface area contributed by atoms with Crippen LogP contribution in [0.15, 0.2) is 47.6 Å². The maximum atomic E-state index is 12.4. The molecule has 0 bridgehead atoms. The fraction of sp³-hybridized carbons (Fsp3) is 0.154. The SMILES string of the molecule is CNc1cccnc1S(=O)(=O)Nc1ccccc1OC. The topological polar surface area (TPSA) is 80.3 Å². The summed E-state index contributed by atoms with van der Waals surface area (Å²) in [6, 6.07) is 10.1. The van der Waals surface area contributed by atoms with E-state index in [1.165, 1.54) is 13.3 Å². The molecular weight excluding hydrogens is 278 g/mol. The Morgan fingerprint density at radius 1 is 1.10 bits per heavy atom. The Morgan fingerprint density at radius 2 is 1.80 bits per heavy atom. The molecule has 2 rings (SSSR count). The standard InChI is InChI=1S/C13H15N3O3S/c1-14-11-7-5-9-15-13(11)20(17,18)16-10-6-3-4-8-12(10)19-2/h3-9,14,16H,1-2H3. The van der Waals surface area contributed by atoms with Crippen molar-refractivity contribution in [2.75, 3.05) is 24.2 Å². The second-order valence-electron chi connectivity index (χ2n) is 3.91. The summed E-state index contributed by atoms with van der Waals surface area (Å²) >= 11 is 0. The van der Waals surface area contributed by atoms with Crippen LogP contribution in [0.4, 0.5) is 11.4 Å². The molecule has 106 valence electrons. The largest absolute Gasteiger partial charge is 0.495 e. The molecule has 2 aromatic rings. The summed E-state index contributed by atoms with van der Waals surface area (Å²) in [5.41, 5.74) is 0.789. The molecule has 2 N–H and O–H groups in total. The molecule has 0 atom stereocenters. The van der Waals surface area contributed by atoms with E-state index < -0.39 is 10.0 Å². The summed E-state index contributed by atoms with van der Waals surface area (Å²) in [4.78, 5) is 3.92. The summed E-state index contributed by atoms with van der Waals surface area (Å²) in [6.07, 6.45) is 1.43. The summed E-state index contributed by atoms with van der Waals surface area (Å²) < 4.78 is 32.4. The lowest BCUT2D eigenvalue weighted by atomic mass is 10.3. The van der Waals surface area contributed by atoms with E-state index in [0.717, 1.165) is 0 Å². The van der Waals surface area contributed by atoms with Crippen molar-refractivity contribution in [3.8, 4) is 5.75 Å². The summed E-state index contributed by atoms with van der Waals surface area (Å²) in [7, 11) is -0.675. The number of benzene rings is 1. The van der Waals surface area contributed by atoms with Gasteiger partial charge in [-0.25, -0.2) is 4.98 Å². The monoisotopic (exact) mass is 293 g/mol. The van der Waals surface area contributed by atoms with Crippen LogP contribution in [0, 0.1) is 0 Å². The number of para-hydroxylation sites is 2. The van der Waals surface area contributed by atoms with Crippen molar-refractivity contribution < 1.29 is 13.2 Å². The molecule has 6 nitrogen and oxygen atoms in total. The van der Waals surface area contributed by atoms with Crippen molar-refractivity contribution in [2.45, 2.75) is 5.03 Å². The quantitative estimate of drug-likeness (QED) is 0.880. The fourth-order valence-corrected chi connectivity index (χ4v) is 2.93. The van der Waals surface area contributed by atoms with Gasteiger partial charge in [0.25, 0.3) is 10.0 Å². The third kappa shape index (κ3) is 2.83. The predicted octanol–water partition coefficient (Wildman–Crippen LogP) is 1.93. The highest BCUT2D eigenvalue weighted by Gasteiger charge is 2.21. The zero-order chi connectivity index (χ0) is 14.6. The highest BCUT2D eigenvalue weighted by atomic mass is 32.2. The zero-order valence-electron chi connectivity index (χ0n) is 11.1. The van der Waals surface area contributed by atoms with Gasteiger partial charge in [-0.1, -0.05) is 12.1 Å². The molecule has 0 fully saturated rings. The van der Waals surface area contributed by atoms with E-state index >= 15 is 0 Å². The van der Waals surface area contributed by atoms with Gasteiger partial charge in [-0.3, -0.25) is 4.72 Å². The Bertz CT molecular complexity index is 702. The van der Waals surface area contributed by atoms with Gasteiger partial charge in [0.15, 0.2) is 5.03 Å². The Hall–Kier alpha value is -2.28. The number of sulfonamides is 1. The van der Waals surface area contributed by atoms with Gasteiger partial charge in [0.2, 0.25) is 0 Å². The molecule has 1 aromatic carbocycles. The number of hydrogen-bond donors (Lipinski definition) is 2. The molecule has 0 spiro atoms. The van der Waals surface area contributed by atoms with Gasteiger partial charge in [-0.2, -0.15) is 8.42 Å². The van der Waals surface area contributed by atoms with Crippen molar-refractivity contribution in [3.05, 3.63) is 42.6 Å². The summed E-state index contributed by atoms with van der Waals surface area (Å²) in [6.45, 7) is 0. The molecule has 0 aliphatic carbocycles. The normalized spacial score (nSPS) is 10.9. The Balaban J connectivity index is 2.41. The highest BCUT2D eigenvalue weighted by molar-refractivity contribution is 7.92. The number of methoxy groups -OCH3 is 1. The van der Waals surface area contributed by atoms with Crippen molar-refractivity contribution in [1.29, 1.82) is 0 Å². The minimum atomic E-state index is -3.79. The van der Waals surface area contributed by atoms with Crippen LogP contribution >= 0.6 is 0 Å². The van der Waals surface area contributed by atoms with Gasteiger partial charge in [-0.15, -0.1) is 0 Å². The molecule has 1 aromatic heterocycles. The van der Waals surface area contributed by atoms with Crippen LogP contribution in [0.3, 0.4) is 0 Å². The fourth-order valence-electron chi connectivity index (χ4n) is 1.72. The number of anilines is 2. The number of hydrogen-bond acceptors (Lipinski definition) is 5. The van der Waals surface area contributed by atoms with Crippen LogP contribution in [-0.2, 0) is 10.0 Å². The first-order chi connectivity index (χ1) is 9.58. The molecule has 0 unspecified atom stereocenters. The van der Waals surface area contributed by atoms with Gasteiger partial charge >= 0.3 is 0 Å². The van der Waals surface area contributed by atoms with E-state index in [0.29, 0.717) is 17.1 Å². The smallest absolute Gasteiger partial charge is 0.281 e. The van der Waals surface area contributed by atoms with Crippen LogP contribution in [0.2, 0.25) is 0 Å². The van der Waals surface area contributed by atoms with Crippen molar-refractivity contribution in [3.63, 3.8) is 0 Å². The van der Waals surface area contributed by atoms with E-state index in [4.69, 9.17) is 4.74 Å². The van der Waals surface area contributed by atoms with Gasteiger partial charge in [0.1, 0.15) is 5.75 Å². The van der Waals surface area contributed by atoms with Crippen molar-refractivity contribution in [1.82, 2.24) is 4.98 Å². The maximum Gasteiger partial charge on any atom is 0.281 e. The minimum absolute atomic E-state index is 0.0617. The number of rotatable bonds is 5. The first-order valence-electron chi connectivity index (χ1n) is 5.87. The average Bonchev–Trinajstić information content (AvgIpc) is 2.47. The molecule has 0 saturated carbocycles. The Labute approximate surface area is 117 Å². The van der Waals surface area contributed by atoms with Crippen LogP contribution in [0.25, 0.3) is 0 Å². The first-order valence-corrected chi connectivity index (χ1v) is 7.35. The van der Waals surface area contributed by atoms with Gasteiger partial charge in [0.05, 0.1) is 18.5 Å². The minimum Gasteiger partial charge on any atom is -0.495 e. The van der Waals surface area contributed by atoms with E-state index in [1.807, 2.05) is 0 Å². The van der Waals surface area contributed by atoms with Gasteiger partial charge < -0.3 is 10.1 Å². The van der Waals surface area contributed by atoms with E-state index in [1.54, 1.807) is 43.4 Å². The molecule has 0 aliphatic heterocycles. The van der Waals surface area contributed by atoms with Crippen molar-refractivity contribution in [2.24, 2.45) is 0 Å². The predicted molar refractivity (Wildman–Crippen MR) is 77.6 cm³/mol. The molecule has 1 heterocycles. The molecule has 7 heteroatoms. The molecule has 0 aliphatic rings. The third-order valence-electron chi connectivity index (χ3n) is 2.65. The Morgan fingerprint density at radius 3 is 2.50 bits per heavy atom. The Kier molecular flexibility index (Phi) is 4.09. The second-order valence-corrected chi connectivity index (χ2v) is 5.51.